The maximum absolute atomic E-state index is 13.3. The smallest absolute Gasteiger partial charge is 0.324 e. The summed E-state index contributed by atoms with van der Waals surface area (Å²) in [4.78, 5) is 13.3. The monoisotopic (exact) mass is 379 g/mol. The maximum atomic E-state index is 13.3. The highest BCUT2D eigenvalue weighted by Gasteiger charge is 2.47. The summed E-state index contributed by atoms with van der Waals surface area (Å²) >= 11 is 6.19. The van der Waals surface area contributed by atoms with E-state index in [1.807, 2.05) is 37.3 Å². The molecule has 1 fully saturated rings. The maximum Gasteiger partial charge on any atom is 0.353 e. The summed E-state index contributed by atoms with van der Waals surface area (Å²) < 4.78 is 18.0. The van der Waals surface area contributed by atoms with Crippen LogP contribution < -0.4 is 0 Å². The predicted molar refractivity (Wildman–Crippen MR) is 95.1 cm³/mol. The highest BCUT2D eigenvalue weighted by molar-refractivity contribution is 6.32. The summed E-state index contributed by atoms with van der Waals surface area (Å²) in [6.45, 7) is 1.91. The van der Waals surface area contributed by atoms with Gasteiger partial charge in [-0.2, -0.15) is 0 Å². The van der Waals surface area contributed by atoms with Gasteiger partial charge >= 0.3 is 5.97 Å². The molecular weight excluding hydrogens is 358 g/mol. The second-order valence-corrected chi connectivity index (χ2v) is 6.58. The third kappa shape index (κ3) is 3.40. The van der Waals surface area contributed by atoms with E-state index in [0.717, 1.165) is 24.8 Å². The SMILES string of the molecule is COC(OC)(OC1CCC1)C(=O)c1c(Cl)nnn1[C@H](C)c1ccccc1. The van der Waals surface area contributed by atoms with Crippen LogP contribution >= 0.6 is 11.6 Å². The van der Waals surface area contributed by atoms with Gasteiger partial charge < -0.3 is 14.2 Å². The van der Waals surface area contributed by atoms with Crippen molar-refractivity contribution in [3.8, 4) is 0 Å². The fraction of sp³-hybridized carbons (Fsp3) is 0.500. The third-order valence-electron chi connectivity index (χ3n) is 4.71. The first-order chi connectivity index (χ1) is 12.5. The Morgan fingerprint density at radius 1 is 1.27 bits per heavy atom. The lowest BCUT2D eigenvalue weighted by atomic mass is 9.96. The minimum Gasteiger partial charge on any atom is -0.324 e. The largest absolute Gasteiger partial charge is 0.353 e. The van der Waals surface area contributed by atoms with Crippen LogP contribution in [-0.2, 0) is 14.2 Å². The van der Waals surface area contributed by atoms with Gasteiger partial charge in [-0.05, 0) is 31.7 Å². The number of benzene rings is 1. The van der Waals surface area contributed by atoms with Gasteiger partial charge in [-0.3, -0.25) is 4.79 Å². The molecule has 1 heterocycles. The normalized spacial score (nSPS) is 16.3. The van der Waals surface area contributed by atoms with Crippen molar-refractivity contribution in [3.63, 3.8) is 0 Å². The molecule has 1 saturated carbocycles. The van der Waals surface area contributed by atoms with Gasteiger partial charge in [0.15, 0.2) is 10.8 Å². The van der Waals surface area contributed by atoms with Crippen molar-refractivity contribution < 1.29 is 19.0 Å². The van der Waals surface area contributed by atoms with Crippen molar-refractivity contribution in [2.24, 2.45) is 0 Å². The van der Waals surface area contributed by atoms with Crippen molar-refractivity contribution in [1.82, 2.24) is 15.0 Å². The van der Waals surface area contributed by atoms with E-state index < -0.39 is 11.8 Å². The Bertz CT molecular complexity index is 757. The van der Waals surface area contributed by atoms with Gasteiger partial charge in [0.25, 0.3) is 5.78 Å². The molecule has 8 heteroatoms. The van der Waals surface area contributed by atoms with E-state index in [4.69, 9.17) is 25.8 Å². The number of ether oxygens (including phenoxy) is 3. The highest BCUT2D eigenvalue weighted by Crippen LogP contribution is 2.32. The second-order valence-electron chi connectivity index (χ2n) is 6.22. The van der Waals surface area contributed by atoms with E-state index in [1.54, 1.807) is 0 Å². The summed E-state index contributed by atoms with van der Waals surface area (Å²) in [5.41, 5.74) is 1.05. The summed E-state index contributed by atoms with van der Waals surface area (Å²) in [5.74, 6) is -2.43. The molecule has 1 aliphatic carbocycles. The molecule has 26 heavy (non-hydrogen) atoms. The first-order valence-corrected chi connectivity index (χ1v) is 8.88. The zero-order valence-corrected chi connectivity index (χ0v) is 15.8. The average Bonchev–Trinajstić information content (AvgIpc) is 3.02. The molecule has 1 aliphatic rings. The van der Waals surface area contributed by atoms with Crippen LogP contribution in [0.15, 0.2) is 30.3 Å². The number of halogens is 1. The van der Waals surface area contributed by atoms with Crippen molar-refractivity contribution in [2.75, 3.05) is 14.2 Å². The van der Waals surface area contributed by atoms with Crippen molar-refractivity contribution >= 4 is 17.4 Å². The Labute approximate surface area is 157 Å². The van der Waals surface area contributed by atoms with Crippen LogP contribution in [0.2, 0.25) is 5.15 Å². The zero-order valence-electron chi connectivity index (χ0n) is 15.0. The van der Waals surface area contributed by atoms with Gasteiger partial charge in [-0.25, -0.2) is 4.68 Å². The second kappa shape index (κ2) is 7.84. The van der Waals surface area contributed by atoms with Crippen LogP contribution in [0.3, 0.4) is 0 Å². The predicted octanol–water partition coefficient (Wildman–Crippen LogP) is 3.24. The minimum absolute atomic E-state index is 0.0199. The van der Waals surface area contributed by atoms with E-state index in [2.05, 4.69) is 10.3 Å². The topological polar surface area (TPSA) is 75.5 Å². The number of hydrogen-bond donors (Lipinski definition) is 0. The summed E-state index contributed by atoms with van der Waals surface area (Å²) in [6.07, 6.45) is 2.67. The lowest BCUT2D eigenvalue weighted by Crippen LogP contribution is -2.50. The standard InChI is InChI=1S/C18H22ClN3O4/c1-12(13-8-5-4-6-9-13)22-15(17(19)20-21-22)16(23)18(24-2,25-3)26-14-10-7-11-14/h4-6,8-9,12,14H,7,10-11H2,1-3H3/t12-/m1/s1. The summed E-state index contributed by atoms with van der Waals surface area (Å²) in [5, 5.41) is 7.91. The van der Waals surface area contributed by atoms with Crippen molar-refractivity contribution in [3.05, 3.63) is 46.7 Å². The number of methoxy groups -OCH3 is 2. The Balaban J connectivity index is 1.97. The molecule has 2 aromatic rings. The fourth-order valence-corrected chi connectivity index (χ4v) is 3.09. The molecule has 0 unspecified atom stereocenters. The van der Waals surface area contributed by atoms with Crippen molar-refractivity contribution in [1.29, 1.82) is 0 Å². The summed E-state index contributed by atoms with van der Waals surface area (Å²) in [6, 6.07) is 9.38. The molecule has 0 saturated heterocycles. The molecule has 0 bridgehead atoms. The average molecular weight is 380 g/mol. The number of ketones is 1. The van der Waals surface area contributed by atoms with Crippen LogP contribution in [0, 0.1) is 0 Å². The van der Waals surface area contributed by atoms with E-state index in [1.165, 1.54) is 18.9 Å². The molecule has 0 amide bonds. The molecule has 1 aromatic heterocycles. The van der Waals surface area contributed by atoms with E-state index in [-0.39, 0.29) is 23.0 Å². The van der Waals surface area contributed by atoms with Gasteiger partial charge in [0.2, 0.25) is 0 Å². The molecule has 0 N–H and O–H groups in total. The van der Waals surface area contributed by atoms with E-state index in [9.17, 15) is 4.79 Å². The molecular formula is C18H22ClN3O4. The molecule has 3 rings (SSSR count). The number of rotatable bonds is 8. The number of hydrogen-bond acceptors (Lipinski definition) is 6. The van der Waals surface area contributed by atoms with Gasteiger partial charge in [0.1, 0.15) is 0 Å². The lowest BCUT2D eigenvalue weighted by Gasteiger charge is -2.36. The van der Waals surface area contributed by atoms with Gasteiger partial charge in [-0.15, -0.1) is 5.10 Å². The number of aromatic nitrogens is 3. The highest BCUT2D eigenvalue weighted by atomic mass is 35.5. The molecule has 0 radical (unpaired) electrons. The van der Waals surface area contributed by atoms with Crippen LogP contribution in [0.25, 0.3) is 0 Å². The molecule has 7 nitrogen and oxygen atoms in total. The zero-order chi connectivity index (χ0) is 18.7. The lowest BCUT2D eigenvalue weighted by molar-refractivity contribution is -0.346. The number of Topliss-reactive ketones (excluding diaryl/α,β-unsaturated/α-hetero) is 1. The number of carbonyl (C=O) groups is 1. The quantitative estimate of drug-likeness (QED) is 0.517. The number of carbonyl (C=O) groups excluding carboxylic acids is 1. The van der Waals surface area contributed by atoms with E-state index >= 15 is 0 Å². The van der Waals surface area contributed by atoms with Gasteiger partial charge in [0, 0.05) is 14.2 Å². The first kappa shape index (κ1) is 19.0. The Morgan fingerprint density at radius 2 is 1.92 bits per heavy atom. The first-order valence-electron chi connectivity index (χ1n) is 8.51. The Morgan fingerprint density at radius 3 is 2.46 bits per heavy atom. The van der Waals surface area contributed by atoms with E-state index in [0.29, 0.717) is 0 Å². The van der Waals surface area contributed by atoms with Gasteiger partial charge in [-0.1, -0.05) is 47.1 Å². The van der Waals surface area contributed by atoms with Crippen LogP contribution in [0.1, 0.15) is 48.3 Å². The number of nitrogens with zero attached hydrogens (tertiary/aromatic N) is 3. The molecule has 1 aromatic carbocycles. The Kier molecular flexibility index (Phi) is 5.72. The van der Waals surface area contributed by atoms with Crippen molar-refractivity contribution in [2.45, 2.75) is 44.3 Å². The third-order valence-corrected chi connectivity index (χ3v) is 4.96. The summed E-state index contributed by atoms with van der Waals surface area (Å²) in [7, 11) is 2.73. The molecule has 0 spiro atoms. The molecule has 0 aliphatic heterocycles. The van der Waals surface area contributed by atoms with Crippen LogP contribution in [-0.4, -0.2) is 47.1 Å². The minimum atomic E-state index is -1.87. The van der Waals surface area contributed by atoms with Crippen LogP contribution in [0.5, 0.6) is 0 Å². The molecule has 1 atom stereocenters. The van der Waals surface area contributed by atoms with Gasteiger partial charge in [0.05, 0.1) is 12.1 Å². The molecule has 140 valence electrons. The van der Waals surface area contributed by atoms with Crippen LogP contribution in [0.4, 0.5) is 0 Å². The fourth-order valence-electron chi connectivity index (χ4n) is 2.89. The Hall–Kier alpha value is -1.80.